The summed E-state index contributed by atoms with van der Waals surface area (Å²) in [6, 6.07) is 0. The Morgan fingerprint density at radius 1 is 1.44 bits per heavy atom. The van der Waals surface area contributed by atoms with Crippen LogP contribution in [0.15, 0.2) is 22.7 Å². The number of hydrogen-bond donors (Lipinski definition) is 1. The summed E-state index contributed by atoms with van der Waals surface area (Å²) in [5.41, 5.74) is -0.695. The molecule has 90 valence electrons. The molecule has 1 N–H and O–H groups in total. The van der Waals surface area contributed by atoms with Gasteiger partial charge in [0.1, 0.15) is 5.60 Å². The second kappa shape index (κ2) is 5.84. The lowest BCUT2D eigenvalue weighted by molar-refractivity contribution is -0.149. The number of halogens is 1. The minimum absolute atomic E-state index is 0.0591. The van der Waals surface area contributed by atoms with Crippen molar-refractivity contribution in [3.05, 3.63) is 22.7 Å². The fourth-order valence-corrected chi connectivity index (χ4v) is 1.17. The molecule has 0 fully saturated rings. The van der Waals surface area contributed by atoms with Crippen LogP contribution in [0.25, 0.3) is 0 Å². The summed E-state index contributed by atoms with van der Waals surface area (Å²) in [7, 11) is 0. The number of ether oxygens (including phenoxy) is 1. The van der Waals surface area contributed by atoms with Gasteiger partial charge in [0.05, 0.1) is 0 Å². The molecule has 0 amide bonds. The number of carbonyl (C=O) groups is 2. The van der Waals surface area contributed by atoms with Crippen LogP contribution in [0.5, 0.6) is 0 Å². The van der Waals surface area contributed by atoms with Gasteiger partial charge in [0.25, 0.3) is 0 Å². The van der Waals surface area contributed by atoms with Gasteiger partial charge in [0.2, 0.25) is 0 Å². The second-order valence-electron chi connectivity index (χ2n) is 4.20. The molecule has 0 aliphatic rings. The van der Waals surface area contributed by atoms with E-state index in [-0.39, 0.29) is 12.0 Å². The van der Waals surface area contributed by atoms with Crippen molar-refractivity contribution in [2.45, 2.75) is 32.8 Å². The van der Waals surface area contributed by atoms with Crippen LogP contribution in [0.3, 0.4) is 0 Å². The fourth-order valence-electron chi connectivity index (χ4n) is 0.869. The maximum absolute atomic E-state index is 11.3. The minimum atomic E-state index is -1.16. The van der Waals surface area contributed by atoms with E-state index in [0.29, 0.717) is 4.48 Å². The average molecular weight is 291 g/mol. The van der Waals surface area contributed by atoms with E-state index in [1.807, 2.05) is 0 Å². The number of rotatable bonds is 4. The number of carbonyl (C=O) groups excluding carboxylic acids is 1. The molecule has 0 aliphatic carbocycles. The van der Waals surface area contributed by atoms with Crippen LogP contribution in [-0.2, 0) is 14.3 Å². The topological polar surface area (TPSA) is 63.6 Å². The first-order valence-electron chi connectivity index (χ1n) is 4.62. The smallest absolute Gasteiger partial charge is 0.332 e. The molecule has 0 aliphatic heterocycles. The van der Waals surface area contributed by atoms with Gasteiger partial charge in [-0.25, -0.2) is 9.59 Å². The summed E-state index contributed by atoms with van der Waals surface area (Å²) >= 11 is 3.04. The molecule has 0 aromatic heterocycles. The van der Waals surface area contributed by atoms with Crippen LogP contribution in [0.4, 0.5) is 0 Å². The minimum Gasteiger partial charge on any atom is -0.478 e. The lowest BCUT2D eigenvalue weighted by Crippen LogP contribution is -2.23. The Morgan fingerprint density at radius 2 is 1.94 bits per heavy atom. The molecule has 0 saturated heterocycles. The van der Waals surface area contributed by atoms with Crippen molar-refractivity contribution >= 4 is 27.9 Å². The summed E-state index contributed by atoms with van der Waals surface area (Å²) in [5, 5.41) is 8.83. The van der Waals surface area contributed by atoms with Gasteiger partial charge in [-0.2, -0.15) is 0 Å². The maximum Gasteiger partial charge on any atom is 0.332 e. The van der Waals surface area contributed by atoms with Crippen molar-refractivity contribution in [3.8, 4) is 0 Å². The standard InChI is InChI=1S/C11H15BrO4/c1-7(12)5-8(10(14)15)6-9(13)16-11(2,3)4/h6H,1,5H2,2-4H3,(H,14,15)/b8-6+. The predicted molar refractivity (Wildman–Crippen MR) is 64.2 cm³/mol. The molecule has 16 heavy (non-hydrogen) atoms. The van der Waals surface area contributed by atoms with Gasteiger partial charge >= 0.3 is 11.9 Å². The highest BCUT2D eigenvalue weighted by Crippen LogP contribution is 2.16. The Hall–Kier alpha value is -1.10. The van der Waals surface area contributed by atoms with Gasteiger partial charge in [-0.05, 0) is 25.3 Å². The van der Waals surface area contributed by atoms with Gasteiger partial charge in [0, 0.05) is 18.1 Å². The first kappa shape index (κ1) is 14.9. The first-order valence-corrected chi connectivity index (χ1v) is 5.41. The van der Waals surface area contributed by atoms with E-state index < -0.39 is 17.5 Å². The van der Waals surface area contributed by atoms with Crippen LogP contribution in [0.1, 0.15) is 27.2 Å². The van der Waals surface area contributed by atoms with E-state index in [0.717, 1.165) is 6.08 Å². The Morgan fingerprint density at radius 3 is 2.25 bits per heavy atom. The van der Waals surface area contributed by atoms with Crippen molar-refractivity contribution in [1.29, 1.82) is 0 Å². The lowest BCUT2D eigenvalue weighted by atomic mass is 10.1. The van der Waals surface area contributed by atoms with E-state index >= 15 is 0 Å². The van der Waals surface area contributed by atoms with E-state index in [2.05, 4.69) is 22.5 Å². The van der Waals surface area contributed by atoms with Gasteiger partial charge in [-0.1, -0.05) is 22.5 Å². The molecule has 0 aromatic carbocycles. The van der Waals surface area contributed by atoms with E-state index in [1.54, 1.807) is 20.8 Å². The van der Waals surface area contributed by atoms with Crippen LogP contribution in [0.2, 0.25) is 0 Å². The van der Waals surface area contributed by atoms with Crippen molar-refractivity contribution in [1.82, 2.24) is 0 Å². The van der Waals surface area contributed by atoms with Crippen molar-refractivity contribution < 1.29 is 19.4 Å². The average Bonchev–Trinajstić information content (AvgIpc) is 1.97. The number of carboxylic acid groups (broad SMARTS) is 1. The zero-order chi connectivity index (χ0) is 12.9. The molecule has 0 unspecified atom stereocenters. The summed E-state index contributed by atoms with van der Waals surface area (Å²) in [6.07, 6.45) is 1.05. The molecule has 0 spiro atoms. The molecular formula is C11H15BrO4. The second-order valence-corrected chi connectivity index (χ2v) is 5.32. The number of allylic oxidation sites excluding steroid dienone is 1. The summed E-state index contributed by atoms with van der Waals surface area (Å²) in [4.78, 5) is 22.1. The Bertz CT molecular complexity index is 336. The largest absolute Gasteiger partial charge is 0.478 e. The van der Waals surface area contributed by atoms with Crippen LogP contribution >= 0.6 is 15.9 Å². The molecule has 0 radical (unpaired) electrons. The van der Waals surface area contributed by atoms with E-state index in [9.17, 15) is 9.59 Å². The summed E-state index contributed by atoms with van der Waals surface area (Å²) in [5.74, 6) is -1.83. The van der Waals surface area contributed by atoms with Crippen molar-refractivity contribution in [2.24, 2.45) is 0 Å². The highest BCUT2D eigenvalue weighted by molar-refractivity contribution is 9.11. The highest BCUT2D eigenvalue weighted by atomic mass is 79.9. The maximum atomic E-state index is 11.3. The summed E-state index contributed by atoms with van der Waals surface area (Å²) in [6.45, 7) is 8.65. The van der Waals surface area contributed by atoms with Gasteiger partial charge in [-0.3, -0.25) is 0 Å². The third-order valence-electron chi connectivity index (χ3n) is 1.36. The predicted octanol–water partition coefficient (Wildman–Crippen LogP) is 2.64. The molecule has 0 atom stereocenters. The molecule has 0 heterocycles. The number of aliphatic carboxylic acids is 1. The number of hydrogen-bond acceptors (Lipinski definition) is 3. The van der Waals surface area contributed by atoms with E-state index in [1.165, 1.54) is 0 Å². The third kappa shape index (κ3) is 7.23. The number of carboxylic acids is 1. The van der Waals surface area contributed by atoms with Crippen LogP contribution in [-0.4, -0.2) is 22.6 Å². The van der Waals surface area contributed by atoms with Gasteiger partial charge in [0.15, 0.2) is 0 Å². The van der Waals surface area contributed by atoms with Gasteiger partial charge < -0.3 is 9.84 Å². The summed E-state index contributed by atoms with van der Waals surface area (Å²) < 4.78 is 5.47. The lowest BCUT2D eigenvalue weighted by Gasteiger charge is -2.18. The molecule has 0 bridgehead atoms. The Balaban J connectivity index is 4.73. The zero-order valence-corrected chi connectivity index (χ0v) is 11.1. The molecule has 4 nitrogen and oxygen atoms in total. The van der Waals surface area contributed by atoms with Crippen LogP contribution < -0.4 is 0 Å². The number of esters is 1. The first-order chi connectivity index (χ1) is 7.11. The van der Waals surface area contributed by atoms with Crippen molar-refractivity contribution in [2.75, 3.05) is 0 Å². The van der Waals surface area contributed by atoms with E-state index in [4.69, 9.17) is 9.84 Å². The molecule has 0 saturated carbocycles. The third-order valence-corrected chi connectivity index (χ3v) is 1.64. The van der Waals surface area contributed by atoms with Crippen molar-refractivity contribution in [3.63, 3.8) is 0 Å². The normalized spacial score (nSPS) is 12.1. The monoisotopic (exact) mass is 290 g/mol. The Kier molecular flexibility index (Phi) is 5.44. The Labute approximate surface area is 103 Å². The zero-order valence-electron chi connectivity index (χ0n) is 9.54. The molecule has 5 heteroatoms. The molecule has 0 aromatic rings. The highest BCUT2D eigenvalue weighted by Gasteiger charge is 2.17. The quantitative estimate of drug-likeness (QED) is 0.639. The van der Waals surface area contributed by atoms with Crippen LogP contribution in [0, 0.1) is 0 Å². The fraction of sp³-hybridized carbons (Fsp3) is 0.455. The molecule has 0 rings (SSSR count). The molecular weight excluding hydrogens is 276 g/mol. The SMILES string of the molecule is C=C(Br)C/C(=C\C(=O)OC(C)(C)C)C(=O)O. The van der Waals surface area contributed by atoms with Gasteiger partial charge in [-0.15, -0.1) is 0 Å².